The number of hydrogen-bond donors (Lipinski definition) is 0. The van der Waals surface area contributed by atoms with Gasteiger partial charge < -0.3 is 9.47 Å². The lowest BCUT2D eigenvalue weighted by Gasteiger charge is -2.45. The van der Waals surface area contributed by atoms with E-state index in [1.807, 2.05) is 0 Å². The van der Waals surface area contributed by atoms with Crippen LogP contribution in [0.2, 0.25) is 0 Å². The smallest absolute Gasteiger partial charge is 0.332 e. The Morgan fingerprint density at radius 1 is 1.19 bits per heavy atom. The van der Waals surface area contributed by atoms with Gasteiger partial charge in [-0.2, -0.15) is 8.42 Å². The molecule has 120 valence electrons. The van der Waals surface area contributed by atoms with E-state index in [9.17, 15) is 13.2 Å². The van der Waals surface area contributed by atoms with Gasteiger partial charge in [-0.25, -0.2) is 0 Å². The predicted octanol–water partition coefficient (Wildman–Crippen LogP) is 1.10. The lowest BCUT2D eigenvalue weighted by molar-refractivity contribution is -0.145. The molecular weight excluding hydrogens is 296 g/mol. The van der Waals surface area contributed by atoms with Gasteiger partial charge >= 0.3 is 5.97 Å². The average molecular weight is 318 g/mol. The Kier molecular flexibility index (Phi) is 3.05. The maximum Gasteiger partial charge on any atom is 0.332 e. The second kappa shape index (κ2) is 4.20. The SMILES string of the molecule is COC(=O)C12CC3OC1C(OS2(=O)=O)C3(C(C)C)C(C)C. The van der Waals surface area contributed by atoms with Crippen LogP contribution in [0.15, 0.2) is 0 Å². The van der Waals surface area contributed by atoms with Crippen molar-refractivity contribution in [3.63, 3.8) is 0 Å². The summed E-state index contributed by atoms with van der Waals surface area (Å²) < 4.78 is 39.5. The number of carbonyl (C=O) groups excluding carboxylic acids is 1. The molecule has 3 fully saturated rings. The molecule has 0 aromatic carbocycles. The van der Waals surface area contributed by atoms with Gasteiger partial charge in [0.25, 0.3) is 10.1 Å². The van der Waals surface area contributed by atoms with Crippen LogP contribution < -0.4 is 0 Å². The third-order valence-electron chi connectivity index (χ3n) is 5.79. The summed E-state index contributed by atoms with van der Waals surface area (Å²) in [6.07, 6.45) is -1.55. The minimum atomic E-state index is -4.04. The van der Waals surface area contributed by atoms with E-state index < -0.39 is 38.5 Å². The van der Waals surface area contributed by atoms with Gasteiger partial charge in [-0.15, -0.1) is 0 Å². The maximum absolute atomic E-state index is 12.5. The molecule has 6 nitrogen and oxygen atoms in total. The first-order valence-electron chi connectivity index (χ1n) is 7.33. The Morgan fingerprint density at radius 2 is 1.76 bits per heavy atom. The van der Waals surface area contributed by atoms with Crippen LogP contribution in [0, 0.1) is 17.3 Å². The summed E-state index contributed by atoms with van der Waals surface area (Å²) >= 11 is 0. The molecule has 0 spiro atoms. The van der Waals surface area contributed by atoms with Crippen LogP contribution in [-0.2, 0) is 28.6 Å². The number of esters is 1. The molecule has 4 atom stereocenters. The van der Waals surface area contributed by atoms with E-state index in [1.165, 1.54) is 7.11 Å². The molecule has 3 heterocycles. The molecule has 0 amide bonds. The first-order chi connectivity index (χ1) is 9.66. The summed E-state index contributed by atoms with van der Waals surface area (Å²) in [6.45, 7) is 8.22. The number of methoxy groups -OCH3 is 1. The highest BCUT2D eigenvalue weighted by Crippen LogP contribution is 2.66. The maximum atomic E-state index is 12.5. The molecule has 0 radical (unpaired) electrons. The normalized spacial score (nSPS) is 42.0. The van der Waals surface area contributed by atoms with Gasteiger partial charge in [0.2, 0.25) is 4.75 Å². The van der Waals surface area contributed by atoms with Crippen LogP contribution in [0.3, 0.4) is 0 Å². The lowest BCUT2D eigenvalue weighted by Crippen LogP contribution is -2.58. The van der Waals surface area contributed by atoms with Crippen LogP contribution in [0.5, 0.6) is 0 Å². The molecule has 0 aliphatic carbocycles. The Labute approximate surface area is 125 Å². The second-order valence-electron chi connectivity index (χ2n) is 6.91. The van der Waals surface area contributed by atoms with Gasteiger partial charge in [-0.1, -0.05) is 27.7 Å². The number of ether oxygens (including phenoxy) is 2. The van der Waals surface area contributed by atoms with E-state index in [0.29, 0.717) is 0 Å². The second-order valence-corrected chi connectivity index (χ2v) is 8.74. The Hall–Kier alpha value is -0.660. The molecule has 21 heavy (non-hydrogen) atoms. The summed E-state index contributed by atoms with van der Waals surface area (Å²) in [5.74, 6) is -0.401. The van der Waals surface area contributed by atoms with E-state index in [1.54, 1.807) is 0 Å². The summed E-state index contributed by atoms with van der Waals surface area (Å²) in [6, 6.07) is 0. The average Bonchev–Trinajstić information content (AvgIpc) is 2.94. The van der Waals surface area contributed by atoms with Gasteiger partial charge in [0.1, 0.15) is 12.2 Å². The van der Waals surface area contributed by atoms with Gasteiger partial charge in [-0.3, -0.25) is 8.98 Å². The van der Waals surface area contributed by atoms with Crippen molar-refractivity contribution in [3.8, 4) is 0 Å². The molecule has 3 rings (SSSR count). The first-order valence-corrected chi connectivity index (χ1v) is 8.73. The van der Waals surface area contributed by atoms with Crippen molar-refractivity contribution in [1.82, 2.24) is 0 Å². The third-order valence-corrected chi connectivity index (χ3v) is 7.71. The van der Waals surface area contributed by atoms with Gasteiger partial charge in [0.05, 0.1) is 13.2 Å². The number of rotatable bonds is 3. The van der Waals surface area contributed by atoms with Gasteiger partial charge in [0.15, 0.2) is 0 Å². The Bertz CT molecular complexity index is 572. The molecule has 0 N–H and O–H groups in total. The number of carbonyl (C=O) groups is 1. The minimum absolute atomic E-state index is 0.125. The topological polar surface area (TPSA) is 78.9 Å². The number of fused-ring (bicyclic) bond motifs is 1. The quantitative estimate of drug-likeness (QED) is 0.573. The fraction of sp³-hybridized carbons (Fsp3) is 0.929. The highest BCUT2D eigenvalue weighted by atomic mass is 32.2. The van der Waals surface area contributed by atoms with Gasteiger partial charge in [0, 0.05) is 11.8 Å². The van der Waals surface area contributed by atoms with Gasteiger partial charge in [-0.05, 0) is 11.8 Å². The predicted molar refractivity (Wildman–Crippen MR) is 73.9 cm³/mol. The molecular formula is C14H22O6S. The minimum Gasteiger partial charge on any atom is -0.468 e. The zero-order chi connectivity index (χ0) is 15.8. The summed E-state index contributed by atoms with van der Waals surface area (Å²) in [4.78, 5) is 12.2. The van der Waals surface area contributed by atoms with Crippen molar-refractivity contribution >= 4 is 16.1 Å². The molecule has 0 aromatic heterocycles. The lowest BCUT2D eigenvalue weighted by atomic mass is 9.57. The molecule has 2 bridgehead atoms. The van der Waals surface area contributed by atoms with Crippen molar-refractivity contribution in [2.24, 2.45) is 17.3 Å². The van der Waals surface area contributed by atoms with E-state index in [-0.39, 0.29) is 24.4 Å². The van der Waals surface area contributed by atoms with Crippen molar-refractivity contribution in [2.75, 3.05) is 7.11 Å². The highest BCUT2D eigenvalue weighted by molar-refractivity contribution is 7.89. The number of hydrogen-bond acceptors (Lipinski definition) is 6. The zero-order valence-electron chi connectivity index (χ0n) is 13.0. The van der Waals surface area contributed by atoms with E-state index in [4.69, 9.17) is 13.7 Å². The molecule has 3 aliphatic rings. The van der Waals surface area contributed by atoms with E-state index in [0.717, 1.165) is 0 Å². The molecule has 4 unspecified atom stereocenters. The van der Waals surface area contributed by atoms with Crippen molar-refractivity contribution in [3.05, 3.63) is 0 Å². The van der Waals surface area contributed by atoms with Crippen LogP contribution in [-0.4, -0.2) is 44.6 Å². The fourth-order valence-corrected chi connectivity index (χ4v) is 6.74. The van der Waals surface area contributed by atoms with Crippen LogP contribution in [0.25, 0.3) is 0 Å². The summed E-state index contributed by atoms with van der Waals surface area (Å²) in [5, 5.41) is 0. The van der Waals surface area contributed by atoms with E-state index >= 15 is 0 Å². The highest BCUT2D eigenvalue weighted by Gasteiger charge is 2.83. The van der Waals surface area contributed by atoms with Crippen LogP contribution in [0.1, 0.15) is 34.1 Å². The van der Waals surface area contributed by atoms with Crippen LogP contribution >= 0.6 is 0 Å². The Morgan fingerprint density at radius 3 is 2.24 bits per heavy atom. The largest absolute Gasteiger partial charge is 0.468 e. The third kappa shape index (κ3) is 1.40. The monoisotopic (exact) mass is 318 g/mol. The molecule has 0 saturated carbocycles. The van der Waals surface area contributed by atoms with E-state index in [2.05, 4.69) is 27.7 Å². The van der Waals surface area contributed by atoms with Crippen molar-refractivity contribution in [1.29, 1.82) is 0 Å². The first kappa shape index (κ1) is 15.2. The summed E-state index contributed by atoms with van der Waals surface area (Å²) in [7, 11) is -2.84. The standard InChI is InChI=1S/C14H22O6S/c1-7(2)14(8(3)4)9-6-13(12(15)18-5)10(19-9)11(14)20-21(13,16)17/h7-11H,6H2,1-5H3. The van der Waals surface area contributed by atoms with Crippen molar-refractivity contribution in [2.45, 2.75) is 57.2 Å². The molecule has 7 heteroatoms. The fourth-order valence-electron chi connectivity index (χ4n) is 4.92. The zero-order valence-corrected chi connectivity index (χ0v) is 13.8. The molecule has 3 aliphatic heterocycles. The van der Waals surface area contributed by atoms with Crippen molar-refractivity contribution < 1.29 is 26.9 Å². The summed E-state index contributed by atoms with van der Waals surface area (Å²) in [5.41, 5.74) is -0.397. The van der Waals surface area contributed by atoms with Crippen LogP contribution in [0.4, 0.5) is 0 Å². The Balaban J connectivity index is 2.17. The molecule has 0 aromatic rings. The molecule has 3 saturated heterocycles.